The van der Waals surface area contributed by atoms with Crippen molar-refractivity contribution < 1.29 is 18.3 Å². The molecule has 0 aliphatic rings. The summed E-state index contributed by atoms with van der Waals surface area (Å²) in [5, 5.41) is 0. The molecular formula is C9H9F2NO3. The molecule has 0 aliphatic heterocycles. The monoisotopic (exact) mass is 217 g/mol. The molecule has 0 aromatic carbocycles. The first-order valence-corrected chi connectivity index (χ1v) is 4.24. The van der Waals surface area contributed by atoms with Gasteiger partial charge in [0.1, 0.15) is 5.56 Å². The first-order chi connectivity index (χ1) is 7.07. The predicted octanol–water partition coefficient (Wildman–Crippen LogP) is 1.49. The van der Waals surface area contributed by atoms with Crippen molar-refractivity contribution in [3.63, 3.8) is 0 Å². The molecule has 0 saturated carbocycles. The van der Waals surface area contributed by atoms with Gasteiger partial charge in [0.05, 0.1) is 6.61 Å². The van der Waals surface area contributed by atoms with Crippen LogP contribution >= 0.6 is 0 Å². The molecule has 15 heavy (non-hydrogen) atoms. The van der Waals surface area contributed by atoms with Gasteiger partial charge in [0.25, 0.3) is 12.0 Å². The Morgan fingerprint density at radius 2 is 2.27 bits per heavy atom. The highest BCUT2D eigenvalue weighted by molar-refractivity contribution is 5.90. The number of H-pyrrole nitrogens is 1. The van der Waals surface area contributed by atoms with E-state index in [4.69, 9.17) is 0 Å². The summed E-state index contributed by atoms with van der Waals surface area (Å²) in [5.74, 6) is -1.03. The third kappa shape index (κ3) is 2.39. The van der Waals surface area contributed by atoms with E-state index < -0.39 is 29.1 Å². The number of aromatic nitrogens is 1. The molecule has 0 radical (unpaired) electrons. The van der Waals surface area contributed by atoms with Crippen LogP contribution in [0, 0.1) is 0 Å². The van der Waals surface area contributed by atoms with Crippen LogP contribution in [0.2, 0.25) is 0 Å². The van der Waals surface area contributed by atoms with Crippen LogP contribution in [0.1, 0.15) is 29.3 Å². The van der Waals surface area contributed by atoms with Crippen molar-refractivity contribution in [2.24, 2.45) is 0 Å². The zero-order chi connectivity index (χ0) is 11.4. The number of rotatable bonds is 3. The van der Waals surface area contributed by atoms with E-state index in [0.717, 1.165) is 12.3 Å². The van der Waals surface area contributed by atoms with Crippen LogP contribution < -0.4 is 5.56 Å². The molecule has 0 aliphatic carbocycles. The van der Waals surface area contributed by atoms with Crippen LogP contribution in [0.15, 0.2) is 17.1 Å². The summed E-state index contributed by atoms with van der Waals surface area (Å²) >= 11 is 0. The van der Waals surface area contributed by atoms with Crippen molar-refractivity contribution in [2.45, 2.75) is 13.3 Å². The molecule has 1 N–H and O–H groups in total. The highest BCUT2D eigenvalue weighted by Crippen LogP contribution is 2.20. The minimum Gasteiger partial charge on any atom is -0.462 e. The van der Waals surface area contributed by atoms with Crippen LogP contribution in [-0.4, -0.2) is 17.6 Å². The van der Waals surface area contributed by atoms with Gasteiger partial charge in [-0.15, -0.1) is 0 Å². The number of ether oxygens (including phenoxy) is 1. The minimum atomic E-state index is -2.88. The number of pyridine rings is 1. The van der Waals surface area contributed by atoms with Crippen molar-refractivity contribution in [1.82, 2.24) is 4.98 Å². The molecule has 6 heteroatoms. The molecular weight excluding hydrogens is 208 g/mol. The molecule has 1 rings (SSSR count). The minimum absolute atomic E-state index is 0.0237. The van der Waals surface area contributed by atoms with Gasteiger partial charge < -0.3 is 9.72 Å². The van der Waals surface area contributed by atoms with Gasteiger partial charge in [0.2, 0.25) is 0 Å². The maximum absolute atomic E-state index is 12.4. The lowest BCUT2D eigenvalue weighted by Gasteiger charge is -2.06. The lowest BCUT2D eigenvalue weighted by molar-refractivity contribution is 0.0513. The van der Waals surface area contributed by atoms with E-state index in [-0.39, 0.29) is 6.61 Å². The number of halogens is 2. The Balaban J connectivity index is 3.25. The Hall–Kier alpha value is -1.72. The summed E-state index contributed by atoms with van der Waals surface area (Å²) in [7, 11) is 0. The average Bonchev–Trinajstić information content (AvgIpc) is 2.17. The molecule has 0 atom stereocenters. The molecule has 0 bridgehead atoms. The fourth-order valence-electron chi connectivity index (χ4n) is 1.09. The first-order valence-electron chi connectivity index (χ1n) is 4.24. The van der Waals surface area contributed by atoms with Gasteiger partial charge in [0, 0.05) is 11.8 Å². The van der Waals surface area contributed by atoms with Gasteiger partial charge in [-0.25, -0.2) is 13.6 Å². The van der Waals surface area contributed by atoms with Gasteiger partial charge in [-0.05, 0) is 13.0 Å². The summed E-state index contributed by atoms with van der Waals surface area (Å²) in [4.78, 5) is 24.5. The number of aromatic amines is 1. The average molecular weight is 217 g/mol. The van der Waals surface area contributed by atoms with Gasteiger partial charge >= 0.3 is 5.97 Å². The van der Waals surface area contributed by atoms with Crippen molar-refractivity contribution in [2.75, 3.05) is 6.61 Å². The Labute approximate surface area is 83.9 Å². The maximum atomic E-state index is 12.4. The molecule has 0 fully saturated rings. The molecule has 0 unspecified atom stereocenters. The van der Waals surface area contributed by atoms with Crippen LogP contribution in [-0.2, 0) is 4.74 Å². The van der Waals surface area contributed by atoms with Gasteiger partial charge in [0.15, 0.2) is 0 Å². The third-order valence-corrected chi connectivity index (χ3v) is 1.71. The van der Waals surface area contributed by atoms with Gasteiger partial charge in [-0.3, -0.25) is 4.79 Å². The molecule has 82 valence electrons. The van der Waals surface area contributed by atoms with Crippen molar-refractivity contribution in [3.05, 3.63) is 33.7 Å². The SMILES string of the molecule is CCOC(=O)c1c(C(F)F)cc[nH]c1=O. The standard InChI is InChI=1S/C9H9F2NO3/c1-2-15-9(14)6-5(7(10)11)3-4-12-8(6)13/h3-4,7H,2H2,1H3,(H,12,13). The van der Waals surface area contributed by atoms with E-state index in [1.807, 2.05) is 0 Å². The summed E-state index contributed by atoms with van der Waals surface area (Å²) in [6.45, 7) is 1.55. The van der Waals surface area contributed by atoms with Crippen molar-refractivity contribution in [1.29, 1.82) is 0 Å². The van der Waals surface area contributed by atoms with Gasteiger partial charge in [-0.2, -0.15) is 0 Å². The number of alkyl halides is 2. The lowest BCUT2D eigenvalue weighted by atomic mass is 10.1. The van der Waals surface area contributed by atoms with E-state index in [2.05, 4.69) is 9.72 Å². The Morgan fingerprint density at radius 3 is 2.80 bits per heavy atom. The normalized spacial score (nSPS) is 10.4. The van der Waals surface area contributed by atoms with Gasteiger partial charge in [-0.1, -0.05) is 0 Å². The lowest BCUT2D eigenvalue weighted by Crippen LogP contribution is -2.22. The van der Waals surface area contributed by atoms with E-state index in [1.54, 1.807) is 0 Å². The largest absolute Gasteiger partial charge is 0.462 e. The molecule has 1 heterocycles. The Kier molecular flexibility index (Phi) is 3.54. The summed E-state index contributed by atoms with van der Waals surface area (Å²) < 4.78 is 29.4. The van der Waals surface area contributed by atoms with Crippen LogP contribution in [0.3, 0.4) is 0 Å². The molecule has 4 nitrogen and oxygen atoms in total. The highest BCUT2D eigenvalue weighted by Gasteiger charge is 2.22. The number of nitrogens with one attached hydrogen (secondary N) is 1. The van der Waals surface area contributed by atoms with Crippen LogP contribution in [0.4, 0.5) is 8.78 Å². The van der Waals surface area contributed by atoms with E-state index in [0.29, 0.717) is 0 Å². The highest BCUT2D eigenvalue weighted by atomic mass is 19.3. The van der Waals surface area contributed by atoms with E-state index in [9.17, 15) is 18.4 Å². The summed E-state index contributed by atoms with van der Waals surface area (Å²) in [5.41, 5.74) is -2.11. The summed E-state index contributed by atoms with van der Waals surface area (Å²) in [6, 6.07) is 0.984. The number of esters is 1. The fraction of sp³-hybridized carbons (Fsp3) is 0.333. The second-order valence-electron chi connectivity index (χ2n) is 2.66. The van der Waals surface area contributed by atoms with Crippen molar-refractivity contribution in [3.8, 4) is 0 Å². The third-order valence-electron chi connectivity index (χ3n) is 1.71. The molecule has 0 saturated heterocycles. The molecule has 0 spiro atoms. The Bertz CT molecular complexity index is 414. The quantitative estimate of drug-likeness (QED) is 0.780. The number of carbonyl (C=O) groups is 1. The van der Waals surface area contributed by atoms with Crippen LogP contribution in [0.5, 0.6) is 0 Å². The second-order valence-corrected chi connectivity index (χ2v) is 2.66. The molecule has 1 aromatic rings. The van der Waals surface area contributed by atoms with Crippen molar-refractivity contribution >= 4 is 5.97 Å². The second kappa shape index (κ2) is 4.68. The van der Waals surface area contributed by atoms with Crippen LogP contribution in [0.25, 0.3) is 0 Å². The predicted molar refractivity (Wildman–Crippen MR) is 48.0 cm³/mol. The van der Waals surface area contributed by atoms with E-state index in [1.165, 1.54) is 6.92 Å². The maximum Gasteiger partial charge on any atom is 0.344 e. The zero-order valence-corrected chi connectivity index (χ0v) is 7.92. The zero-order valence-electron chi connectivity index (χ0n) is 7.92. The molecule has 0 amide bonds. The number of carbonyl (C=O) groups excluding carboxylic acids is 1. The fourth-order valence-corrected chi connectivity index (χ4v) is 1.09. The topological polar surface area (TPSA) is 59.2 Å². The molecule has 1 aromatic heterocycles. The smallest absolute Gasteiger partial charge is 0.344 e. The first kappa shape index (κ1) is 11.4. The Morgan fingerprint density at radius 1 is 1.60 bits per heavy atom. The number of hydrogen-bond donors (Lipinski definition) is 1. The number of hydrogen-bond acceptors (Lipinski definition) is 3. The summed E-state index contributed by atoms with van der Waals surface area (Å²) in [6.07, 6.45) is -1.82. The van der Waals surface area contributed by atoms with E-state index >= 15 is 0 Å².